The molecule has 1 aromatic heterocycles. The maximum atomic E-state index is 10.2. The first-order chi connectivity index (χ1) is 11.7. The van der Waals surface area contributed by atoms with Crippen LogP contribution in [0, 0.1) is 11.3 Å². The van der Waals surface area contributed by atoms with Crippen LogP contribution in [0.5, 0.6) is 5.75 Å². The minimum atomic E-state index is -0.587. The summed E-state index contributed by atoms with van der Waals surface area (Å²) in [5, 5.41) is 21.9. The van der Waals surface area contributed by atoms with Crippen molar-refractivity contribution < 1.29 is 14.6 Å². The van der Waals surface area contributed by atoms with Crippen LogP contribution in [0.3, 0.4) is 0 Å². The van der Waals surface area contributed by atoms with Crippen molar-refractivity contribution in [2.24, 2.45) is 0 Å². The molecule has 2 atom stereocenters. The molecule has 0 bridgehead atoms. The van der Waals surface area contributed by atoms with Crippen LogP contribution in [0.15, 0.2) is 35.8 Å². The molecule has 7 heteroatoms. The van der Waals surface area contributed by atoms with Crippen LogP contribution in [0.2, 0.25) is 0 Å². The van der Waals surface area contributed by atoms with Crippen LogP contribution >= 0.6 is 11.3 Å². The fourth-order valence-corrected chi connectivity index (χ4v) is 3.26. The van der Waals surface area contributed by atoms with Crippen molar-refractivity contribution in [3.05, 3.63) is 46.4 Å². The fourth-order valence-electron chi connectivity index (χ4n) is 2.58. The quantitative estimate of drug-likeness (QED) is 0.860. The Morgan fingerprint density at radius 3 is 3.00 bits per heavy atom. The standard InChI is InChI=1S/C17H19N3O3S/c18-9-13-1-3-15(4-2-13)23-12-14(21)10-20-6-7-22-16(11-20)17-19-5-8-24-17/h1-5,8,14,16,21H,6-7,10-12H2. The molecule has 1 aliphatic heterocycles. The van der Waals surface area contributed by atoms with E-state index in [0.29, 0.717) is 24.5 Å². The Bertz CT molecular complexity index is 669. The van der Waals surface area contributed by atoms with Crippen LogP contribution in [-0.4, -0.2) is 53.9 Å². The van der Waals surface area contributed by atoms with E-state index < -0.39 is 6.10 Å². The van der Waals surface area contributed by atoms with E-state index in [1.165, 1.54) is 0 Å². The van der Waals surface area contributed by atoms with Gasteiger partial charge in [0.25, 0.3) is 0 Å². The molecule has 0 spiro atoms. The second-order valence-electron chi connectivity index (χ2n) is 5.59. The van der Waals surface area contributed by atoms with Crippen molar-refractivity contribution in [1.29, 1.82) is 5.26 Å². The van der Waals surface area contributed by atoms with Gasteiger partial charge in [0.1, 0.15) is 29.6 Å². The van der Waals surface area contributed by atoms with Crippen LogP contribution in [-0.2, 0) is 4.74 Å². The molecule has 0 amide bonds. The van der Waals surface area contributed by atoms with Crippen LogP contribution in [0.25, 0.3) is 0 Å². The molecule has 1 aromatic carbocycles. The third kappa shape index (κ3) is 4.52. The minimum absolute atomic E-state index is 0.0228. The smallest absolute Gasteiger partial charge is 0.123 e. The molecule has 0 aliphatic carbocycles. The summed E-state index contributed by atoms with van der Waals surface area (Å²) in [6.07, 6.45) is 1.17. The first kappa shape index (κ1) is 16.9. The highest BCUT2D eigenvalue weighted by molar-refractivity contribution is 7.09. The van der Waals surface area contributed by atoms with Gasteiger partial charge in [-0.3, -0.25) is 4.90 Å². The molecule has 24 heavy (non-hydrogen) atoms. The number of aliphatic hydroxyl groups excluding tert-OH is 1. The van der Waals surface area contributed by atoms with Gasteiger partial charge in [-0.2, -0.15) is 5.26 Å². The normalized spacial score (nSPS) is 19.6. The lowest BCUT2D eigenvalue weighted by molar-refractivity contribution is -0.0460. The lowest BCUT2D eigenvalue weighted by Crippen LogP contribution is -2.43. The van der Waals surface area contributed by atoms with Crippen molar-refractivity contribution in [2.75, 3.05) is 32.8 Å². The highest BCUT2D eigenvalue weighted by atomic mass is 32.1. The average molecular weight is 345 g/mol. The highest BCUT2D eigenvalue weighted by Crippen LogP contribution is 2.23. The predicted molar refractivity (Wildman–Crippen MR) is 89.9 cm³/mol. The number of nitriles is 1. The lowest BCUT2D eigenvalue weighted by Gasteiger charge is -2.33. The van der Waals surface area contributed by atoms with Gasteiger partial charge in [0.05, 0.1) is 18.2 Å². The van der Waals surface area contributed by atoms with E-state index in [1.807, 2.05) is 5.38 Å². The van der Waals surface area contributed by atoms with Gasteiger partial charge in [0, 0.05) is 31.2 Å². The Hall–Kier alpha value is -1.98. The number of hydrogen-bond acceptors (Lipinski definition) is 7. The Morgan fingerprint density at radius 1 is 1.46 bits per heavy atom. The number of thiazole rings is 1. The van der Waals surface area contributed by atoms with E-state index in [-0.39, 0.29) is 12.7 Å². The molecule has 126 valence electrons. The molecule has 1 N–H and O–H groups in total. The van der Waals surface area contributed by atoms with E-state index in [0.717, 1.165) is 18.1 Å². The van der Waals surface area contributed by atoms with Crippen molar-refractivity contribution in [1.82, 2.24) is 9.88 Å². The van der Waals surface area contributed by atoms with E-state index in [2.05, 4.69) is 16.0 Å². The molecule has 3 rings (SSSR count). The van der Waals surface area contributed by atoms with E-state index in [1.54, 1.807) is 41.8 Å². The molecule has 1 aliphatic rings. The number of aliphatic hydroxyl groups is 1. The third-order valence-corrected chi connectivity index (χ3v) is 4.64. The van der Waals surface area contributed by atoms with Crippen molar-refractivity contribution in [2.45, 2.75) is 12.2 Å². The van der Waals surface area contributed by atoms with E-state index in [9.17, 15) is 5.11 Å². The minimum Gasteiger partial charge on any atom is -0.491 e. The third-order valence-electron chi connectivity index (χ3n) is 3.77. The van der Waals surface area contributed by atoms with Gasteiger partial charge < -0.3 is 14.6 Å². The van der Waals surface area contributed by atoms with Gasteiger partial charge in [-0.05, 0) is 24.3 Å². The summed E-state index contributed by atoms with van der Waals surface area (Å²) in [6, 6.07) is 8.92. The van der Waals surface area contributed by atoms with Gasteiger partial charge in [0.2, 0.25) is 0 Å². The largest absolute Gasteiger partial charge is 0.491 e. The van der Waals surface area contributed by atoms with Crippen LogP contribution in [0.4, 0.5) is 0 Å². The Kier molecular flexibility index (Phi) is 5.77. The zero-order valence-corrected chi connectivity index (χ0v) is 14.0. The number of morpholine rings is 1. The number of aromatic nitrogens is 1. The summed E-state index contributed by atoms with van der Waals surface area (Å²) in [7, 11) is 0. The van der Waals surface area contributed by atoms with E-state index in [4.69, 9.17) is 14.7 Å². The van der Waals surface area contributed by atoms with E-state index >= 15 is 0 Å². The zero-order chi connectivity index (χ0) is 16.8. The molecule has 6 nitrogen and oxygen atoms in total. The van der Waals surface area contributed by atoms with Crippen LogP contribution in [0.1, 0.15) is 16.7 Å². The first-order valence-corrected chi connectivity index (χ1v) is 8.67. The number of ether oxygens (including phenoxy) is 2. The monoisotopic (exact) mass is 345 g/mol. The number of hydrogen-bond donors (Lipinski definition) is 1. The number of benzene rings is 1. The summed E-state index contributed by atoms with van der Waals surface area (Å²) in [5.74, 6) is 0.649. The molecular formula is C17H19N3O3S. The molecule has 1 saturated heterocycles. The second kappa shape index (κ2) is 8.22. The maximum Gasteiger partial charge on any atom is 0.123 e. The van der Waals surface area contributed by atoms with Crippen molar-refractivity contribution in [3.63, 3.8) is 0 Å². The van der Waals surface area contributed by atoms with Gasteiger partial charge in [0.15, 0.2) is 0 Å². The highest BCUT2D eigenvalue weighted by Gasteiger charge is 2.25. The maximum absolute atomic E-state index is 10.2. The fraction of sp³-hybridized carbons (Fsp3) is 0.412. The van der Waals surface area contributed by atoms with Crippen LogP contribution < -0.4 is 4.74 Å². The van der Waals surface area contributed by atoms with Gasteiger partial charge in [-0.25, -0.2) is 4.98 Å². The van der Waals surface area contributed by atoms with Gasteiger partial charge in [-0.1, -0.05) is 0 Å². The SMILES string of the molecule is N#Cc1ccc(OCC(O)CN2CCOC(c3nccs3)C2)cc1. The summed E-state index contributed by atoms with van der Waals surface area (Å²) in [5.41, 5.74) is 0.587. The number of rotatable bonds is 6. The molecule has 1 fully saturated rings. The Balaban J connectivity index is 1.45. The molecule has 0 saturated carbocycles. The topological polar surface area (TPSA) is 78.6 Å². The molecule has 2 unspecified atom stereocenters. The molecule has 2 aromatic rings. The van der Waals surface area contributed by atoms with Crippen molar-refractivity contribution >= 4 is 11.3 Å². The first-order valence-electron chi connectivity index (χ1n) is 7.79. The molecule has 0 radical (unpaired) electrons. The average Bonchev–Trinajstić information content (AvgIpc) is 3.15. The lowest BCUT2D eigenvalue weighted by atomic mass is 10.2. The summed E-state index contributed by atoms with van der Waals surface area (Å²) < 4.78 is 11.3. The Labute approximate surface area is 144 Å². The summed E-state index contributed by atoms with van der Waals surface area (Å²) in [4.78, 5) is 6.47. The predicted octanol–water partition coefficient (Wildman–Crippen LogP) is 1.83. The van der Waals surface area contributed by atoms with Gasteiger partial charge in [-0.15, -0.1) is 11.3 Å². The Morgan fingerprint density at radius 2 is 2.29 bits per heavy atom. The van der Waals surface area contributed by atoms with Gasteiger partial charge >= 0.3 is 0 Å². The number of β-amino-alcohol motifs (C(OH)–C–C–N with tert-alkyl or cyclic N) is 1. The second-order valence-corrected chi connectivity index (χ2v) is 6.52. The van der Waals surface area contributed by atoms with Crippen molar-refractivity contribution in [3.8, 4) is 11.8 Å². The zero-order valence-electron chi connectivity index (χ0n) is 13.2. The molecule has 2 heterocycles. The molecular weight excluding hydrogens is 326 g/mol. The summed E-state index contributed by atoms with van der Waals surface area (Å²) >= 11 is 1.59. The summed E-state index contributed by atoms with van der Waals surface area (Å²) in [6.45, 7) is 2.89. The number of nitrogens with zero attached hydrogens (tertiary/aromatic N) is 3.